The Kier molecular flexibility index (Phi) is 4.51. The molecule has 2 fully saturated rings. The molecule has 4 rings (SSSR count). The molecule has 2 heterocycles. The first-order valence-electron chi connectivity index (χ1n) is 8.86. The van der Waals surface area contributed by atoms with Gasteiger partial charge >= 0.3 is 0 Å². The number of benzene rings is 1. The van der Waals surface area contributed by atoms with Crippen LogP contribution in [-0.4, -0.2) is 45.3 Å². The Bertz CT molecular complexity index is 807. The third-order valence-electron chi connectivity index (χ3n) is 4.58. The summed E-state index contributed by atoms with van der Waals surface area (Å²) in [7, 11) is 0. The second kappa shape index (κ2) is 7.11. The molecule has 1 saturated carbocycles. The molecule has 0 spiro atoms. The lowest BCUT2D eigenvalue weighted by molar-refractivity contribution is -0.125. The standard InChI is InChI=1S/C19H20N4O3/c24-18(22-14-6-7-14)16-5-2-10-23(16)19(25)13-3-1-4-15(11-13)26-17-12-20-8-9-21-17/h1,3-4,8-9,11-12,14,16H,2,5-7,10H2,(H,22,24). The summed E-state index contributed by atoms with van der Waals surface area (Å²) in [4.78, 5) is 35.0. The third kappa shape index (κ3) is 3.66. The van der Waals surface area contributed by atoms with Crippen molar-refractivity contribution in [1.29, 1.82) is 0 Å². The number of amides is 2. The smallest absolute Gasteiger partial charge is 0.254 e. The van der Waals surface area contributed by atoms with Crippen molar-refractivity contribution in [1.82, 2.24) is 20.2 Å². The van der Waals surface area contributed by atoms with Crippen molar-refractivity contribution in [2.45, 2.75) is 37.8 Å². The number of carbonyl (C=O) groups excluding carboxylic acids is 2. The molecule has 7 heteroatoms. The molecule has 1 aromatic carbocycles. The van der Waals surface area contributed by atoms with Gasteiger partial charge in [-0.25, -0.2) is 4.98 Å². The van der Waals surface area contributed by atoms with E-state index in [1.54, 1.807) is 35.4 Å². The zero-order chi connectivity index (χ0) is 17.9. The number of rotatable bonds is 5. The highest BCUT2D eigenvalue weighted by atomic mass is 16.5. The number of hydrogen-bond donors (Lipinski definition) is 1. The van der Waals surface area contributed by atoms with Crippen LogP contribution in [0.25, 0.3) is 0 Å². The van der Waals surface area contributed by atoms with Crippen molar-refractivity contribution in [2.24, 2.45) is 0 Å². The number of nitrogens with zero attached hydrogens (tertiary/aromatic N) is 3. The molecular weight excluding hydrogens is 332 g/mol. The Balaban J connectivity index is 1.48. The molecule has 1 unspecified atom stereocenters. The normalized spacial score (nSPS) is 19.2. The van der Waals surface area contributed by atoms with Crippen molar-refractivity contribution in [3.63, 3.8) is 0 Å². The summed E-state index contributed by atoms with van der Waals surface area (Å²) < 4.78 is 5.64. The Morgan fingerprint density at radius 3 is 2.85 bits per heavy atom. The average molecular weight is 352 g/mol. The monoisotopic (exact) mass is 352 g/mol. The molecule has 0 bridgehead atoms. The van der Waals surface area contributed by atoms with E-state index < -0.39 is 0 Å². The molecule has 7 nitrogen and oxygen atoms in total. The first kappa shape index (κ1) is 16.5. The van der Waals surface area contributed by atoms with Gasteiger partial charge in [0, 0.05) is 30.5 Å². The van der Waals surface area contributed by atoms with Gasteiger partial charge in [-0.15, -0.1) is 0 Å². The van der Waals surface area contributed by atoms with Gasteiger partial charge in [-0.05, 0) is 43.9 Å². The SMILES string of the molecule is O=C(NC1CC1)C1CCCN1C(=O)c1cccc(Oc2cnccn2)c1. The van der Waals surface area contributed by atoms with Crippen LogP contribution in [0.5, 0.6) is 11.6 Å². The van der Waals surface area contributed by atoms with Gasteiger partial charge < -0.3 is 15.0 Å². The lowest BCUT2D eigenvalue weighted by Gasteiger charge is -2.24. The minimum atomic E-state index is -0.382. The summed E-state index contributed by atoms with van der Waals surface area (Å²) in [6.45, 7) is 0.594. The minimum Gasteiger partial charge on any atom is -0.437 e. The van der Waals surface area contributed by atoms with E-state index in [-0.39, 0.29) is 17.9 Å². The van der Waals surface area contributed by atoms with Gasteiger partial charge in [0.2, 0.25) is 11.8 Å². The van der Waals surface area contributed by atoms with Crippen molar-refractivity contribution in [2.75, 3.05) is 6.54 Å². The number of carbonyl (C=O) groups is 2. The van der Waals surface area contributed by atoms with E-state index in [2.05, 4.69) is 15.3 Å². The van der Waals surface area contributed by atoms with Crippen molar-refractivity contribution in [3.05, 3.63) is 48.4 Å². The second-order valence-corrected chi connectivity index (χ2v) is 6.61. The van der Waals surface area contributed by atoms with Gasteiger partial charge in [-0.2, -0.15) is 0 Å². The van der Waals surface area contributed by atoms with Gasteiger partial charge in [0.05, 0.1) is 6.20 Å². The van der Waals surface area contributed by atoms with Gasteiger partial charge in [0.25, 0.3) is 5.91 Å². The molecular formula is C19H20N4O3. The summed E-state index contributed by atoms with van der Waals surface area (Å²) in [6.07, 6.45) is 8.23. The second-order valence-electron chi connectivity index (χ2n) is 6.61. The molecule has 2 aliphatic rings. The van der Waals surface area contributed by atoms with Crippen LogP contribution >= 0.6 is 0 Å². The van der Waals surface area contributed by atoms with Crippen LogP contribution in [0.4, 0.5) is 0 Å². The summed E-state index contributed by atoms with van der Waals surface area (Å²) in [5.74, 6) is 0.683. The molecule has 0 radical (unpaired) electrons. The van der Waals surface area contributed by atoms with Crippen LogP contribution in [0.3, 0.4) is 0 Å². The fraction of sp³-hybridized carbons (Fsp3) is 0.368. The van der Waals surface area contributed by atoms with E-state index in [0.717, 1.165) is 19.3 Å². The fourth-order valence-electron chi connectivity index (χ4n) is 3.12. The van der Waals surface area contributed by atoms with Crippen LogP contribution in [-0.2, 0) is 4.79 Å². The molecule has 1 saturated heterocycles. The minimum absolute atomic E-state index is 0.0367. The van der Waals surface area contributed by atoms with Gasteiger partial charge in [-0.3, -0.25) is 14.6 Å². The zero-order valence-electron chi connectivity index (χ0n) is 14.3. The van der Waals surface area contributed by atoms with E-state index in [1.807, 2.05) is 0 Å². The number of hydrogen-bond acceptors (Lipinski definition) is 5. The average Bonchev–Trinajstić information content (AvgIpc) is 3.33. The molecule has 2 aromatic rings. The lowest BCUT2D eigenvalue weighted by Crippen LogP contribution is -2.46. The summed E-state index contributed by atoms with van der Waals surface area (Å²) in [6, 6.07) is 6.84. The number of nitrogens with one attached hydrogen (secondary N) is 1. The molecule has 1 atom stereocenters. The highest BCUT2D eigenvalue weighted by Gasteiger charge is 2.36. The number of likely N-dealkylation sites (tertiary alicyclic amines) is 1. The molecule has 1 aliphatic heterocycles. The van der Waals surface area contributed by atoms with E-state index in [9.17, 15) is 9.59 Å². The molecule has 1 aromatic heterocycles. The van der Waals surface area contributed by atoms with Crippen molar-refractivity contribution >= 4 is 11.8 Å². The predicted octanol–water partition coefficient (Wildman–Crippen LogP) is 2.15. The molecule has 134 valence electrons. The molecule has 1 aliphatic carbocycles. The van der Waals surface area contributed by atoms with E-state index in [4.69, 9.17) is 4.74 Å². The molecule has 26 heavy (non-hydrogen) atoms. The maximum atomic E-state index is 12.9. The lowest BCUT2D eigenvalue weighted by atomic mass is 10.1. The maximum Gasteiger partial charge on any atom is 0.254 e. The fourth-order valence-corrected chi connectivity index (χ4v) is 3.12. The van der Waals surface area contributed by atoms with Crippen molar-refractivity contribution in [3.8, 4) is 11.6 Å². The maximum absolute atomic E-state index is 12.9. The van der Waals surface area contributed by atoms with Gasteiger partial charge in [0.1, 0.15) is 11.8 Å². The van der Waals surface area contributed by atoms with Crippen LogP contribution in [0, 0.1) is 0 Å². The molecule has 1 N–H and O–H groups in total. The Hall–Kier alpha value is -2.96. The number of ether oxygens (including phenoxy) is 1. The predicted molar refractivity (Wildman–Crippen MR) is 93.8 cm³/mol. The van der Waals surface area contributed by atoms with Gasteiger partial charge in [0.15, 0.2) is 0 Å². The van der Waals surface area contributed by atoms with E-state index in [0.29, 0.717) is 36.2 Å². The Morgan fingerprint density at radius 2 is 2.08 bits per heavy atom. The first-order chi connectivity index (χ1) is 12.7. The first-order valence-corrected chi connectivity index (χ1v) is 8.86. The van der Waals surface area contributed by atoms with Crippen LogP contribution < -0.4 is 10.1 Å². The topological polar surface area (TPSA) is 84.4 Å². The Labute approximate surface area is 151 Å². The van der Waals surface area contributed by atoms with Crippen LogP contribution in [0.15, 0.2) is 42.9 Å². The summed E-state index contributed by atoms with van der Waals surface area (Å²) in [5, 5.41) is 3.00. The molecule has 2 amide bonds. The zero-order valence-corrected chi connectivity index (χ0v) is 14.3. The Morgan fingerprint density at radius 1 is 1.19 bits per heavy atom. The van der Waals surface area contributed by atoms with E-state index >= 15 is 0 Å². The summed E-state index contributed by atoms with van der Waals surface area (Å²) >= 11 is 0. The van der Waals surface area contributed by atoms with Crippen LogP contribution in [0.2, 0.25) is 0 Å². The highest BCUT2D eigenvalue weighted by molar-refractivity contribution is 5.98. The number of aromatic nitrogens is 2. The summed E-state index contributed by atoms with van der Waals surface area (Å²) in [5.41, 5.74) is 0.498. The van der Waals surface area contributed by atoms with Crippen LogP contribution in [0.1, 0.15) is 36.0 Å². The largest absolute Gasteiger partial charge is 0.437 e. The van der Waals surface area contributed by atoms with Gasteiger partial charge in [-0.1, -0.05) is 6.07 Å². The quantitative estimate of drug-likeness (QED) is 0.891. The highest BCUT2D eigenvalue weighted by Crippen LogP contribution is 2.25. The van der Waals surface area contributed by atoms with Crippen molar-refractivity contribution < 1.29 is 14.3 Å². The van der Waals surface area contributed by atoms with E-state index in [1.165, 1.54) is 12.4 Å². The third-order valence-corrected chi connectivity index (χ3v) is 4.58.